The van der Waals surface area contributed by atoms with Crippen molar-refractivity contribution in [1.82, 2.24) is 0 Å². The number of primary amides is 1. The lowest BCUT2D eigenvalue weighted by Crippen LogP contribution is -2.46. The largest absolute Gasteiger partial charge is 0.472 e. The SMILES string of the molecule is COP(=O)(O)OCC1O[C@@H]([n+]2cccc(C(N)=O)c2)[C@@H]2OC(C)(C)O[C@H]12. The van der Waals surface area contributed by atoms with E-state index in [1.54, 1.807) is 42.9 Å². The number of aromatic nitrogens is 1. The van der Waals surface area contributed by atoms with Gasteiger partial charge in [-0.2, -0.15) is 4.57 Å². The summed E-state index contributed by atoms with van der Waals surface area (Å²) in [5.41, 5.74) is 5.64. The van der Waals surface area contributed by atoms with Gasteiger partial charge in [-0.3, -0.25) is 13.8 Å². The molecule has 0 aromatic carbocycles. The molecular weight excluding hydrogens is 367 g/mol. The molecule has 144 valence electrons. The number of nitrogens with zero attached hydrogens (tertiary/aromatic N) is 1. The minimum atomic E-state index is -4.15. The quantitative estimate of drug-likeness (QED) is 0.523. The van der Waals surface area contributed by atoms with E-state index in [0.717, 1.165) is 7.11 Å². The van der Waals surface area contributed by atoms with Crippen LogP contribution in [0.4, 0.5) is 0 Å². The van der Waals surface area contributed by atoms with Crippen LogP contribution in [-0.4, -0.2) is 48.6 Å². The third kappa shape index (κ3) is 3.96. The van der Waals surface area contributed by atoms with Crippen LogP contribution in [0, 0.1) is 0 Å². The highest BCUT2D eigenvalue weighted by molar-refractivity contribution is 7.47. The maximum absolute atomic E-state index is 11.6. The molecule has 3 N–H and O–H groups in total. The van der Waals surface area contributed by atoms with Gasteiger partial charge >= 0.3 is 7.82 Å². The maximum atomic E-state index is 11.6. The third-order valence-electron chi connectivity index (χ3n) is 4.16. The van der Waals surface area contributed by atoms with Gasteiger partial charge in [0.1, 0.15) is 17.8 Å². The highest BCUT2D eigenvalue weighted by Crippen LogP contribution is 2.45. The van der Waals surface area contributed by atoms with E-state index in [4.69, 9.17) is 24.5 Å². The molecule has 2 aliphatic heterocycles. The fourth-order valence-corrected chi connectivity index (χ4v) is 3.49. The highest BCUT2D eigenvalue weighted by Gasteiger charge is 2.59. The van der Waals surface area contributed by atoms with Crippen molar-refractivity contribution in [3.63, 3.8) is 0 Å². The molecule has 1 aromatic rings. The van der Waals surface area contributed by atoms with Gasteiger partial charge in [-0.25, -0.2) is 4.57 Å². The molecule has 2 fully saturated rings. The van der Waals surface area contributed by atoms with E-state index in [0.29, 0.717) is 5.56 Å². The van der Waals surface area contributed by atoms with Crippen LogP contribution >= 0.6 is 7.82 Å². The molecule has 11 heteroatoms. The monoisotopic (exact) mass is 389 g/mol. The predicted molar refractivity (Wildman–Crippen MR) is 85.7 cm³/mol. The summed E-state index contributed by atoms with van der Waals surface area (Å²) in [6.45, 7) is 3.29. The van der Waals surface area contributed by atoms with Crippen LogP contribution in [0.1, 0.15) is 30.4 Å². The van der Waals surface area contributed by atoms with Crippen LogP contribution in [0.2, 0.25) is 0 Å². The molecule has 3 heterocycles. The number of phosphoric ester groups is 1. The van der Waals surface area contributed by atoms with Crippen molar-refractivity contribution in [3.8, 4) is 0 Å². The lowest BCUT2D eigenvalue weighted by Gasteiger charge is -2.22. The lowest BCUT2D eigenvalue weighted by atomic mass is 10.1. The van der Waals surface area contributed by atoms with Gasteiger partial charge in [-0.1, -0.05) is 0 Å². The Balaban J connectivity index is 1.84. The first-order valence-electron chi connectivity index (χ1n) is 7.97. The fourth-order valence-electron chi connectivity index (χ4n) is 3.05. The van der Waals surface area contributed by atoms with Crippen LogP contribution in [0.3, 0.4) is 0 Å². The first-order valence-corrected chi connectivity index (χ1v) is 9.46. The Bertz CT molecular complexity index is 742. The summed E-state index contributed by atoms with van der Waals surface area (Å²) in [5.74, 6) is -1.43. The summed E-state index contributed by atoms with van der Waals surface area (Å²) in [4.78, 5) is 20.9. The van der Waals surface area contributed by atoms with Gasteiger partial charge in [-0.15, -0.1) is 0 Å². The summed E-state index contributed by atoms with van der Waals surface area (Å²) in [6.07, 6.45) is 0.915. The van der Waals surface area contributed by atoms with Gasteiger partial charge in [0.15, 0.2) is 24.3 Å². The first kappa shape index (κ1) is 19.4. The molecule has 2 saturated heterocycles. The van der Waals surface area contributed by atoms with E-state index < -0.39 is 44.1 Å². The Morgan fingerprint density at radius 3 is 2.77 bits per heavy atom. The van der Waals surface area contributed by atoms with Gasteiger partial charge in [0.2, 0.25) is 0 Å². The van der Waals surface area contributed by atoms with Crippen molar-refractivity contribution in [2.75, 3.05) is 13.7 Å². The Hall–Kier alpha value is -1.39. The van der Waals surface area contributed by atoms with Crippen molar-refractivity contribution in [2.24, 2.45) is 5.73 Å². The van der Waals surface area contributed by atoms with Gasteiger partial charge < -0.3 is 24.8 Å². The number of nitrogens with two attached hydrogens (primary N) is 1. The molecule has 5 atom stereocenters. The van der Waals surface area contributed by atoms with E-state index in [-0.39, 0.29) is 6.61 Å². The van der Waals surface area contributed by atoms with Crippen molar-refractivity contribution < 1.29 is 42.1 Å². The first-order chi connectivity index (χ1) is 12.1. The third-order valence-corrected chi connectivity index (χ3v) is 5.10. The molecule has 0 spiro atoms. The number of hydrogen-bond acceptors (Lipinski definition) is 7. The fraction of sp³-hybridized carbons (Fsp3) is 0.600. The van der Waals surface area contributed by atoms with Gasteiger partial charge in [0.05, 0.1) is 6.61 Å². The zero-order valence-corrected chi connectivity index (χ0v) is 15.5. The molecule has 26 heavy (non-hydrogen) atoms. The Morgan fingerprint density at radius 1 is 1.42 bits per heavy atom. The number of amides is 1. The maximum Gasteiger partial charge on any atom is 0.472 e. The van der Waals surface area contributed by atoms with Crippen molar-refractivity contribution in [1.29, 1.82) is 0 Å². The number of carbonyl (C=O) groups excluding carboxylic acids is 1. The van der Waals surface area contributed by atoms with Gasteiger partial charge in [0.25, 0.3) is 12.1 Å². The number of hydrogen-bond donors (Lipinski definition) is 2. The van der Waals surface area contributed by atoms with E-state index in [9.17, 15) is 14.3 Å². The summed E-state index contributed by atoms with van der Waals surface area (Å²) < 4.78 is 40.3. The molecule has 1 aromatic heterocycles. The summed E-state index contributed by atoms with van der Waals surface area (Å²) in [5, 5.41) is 0. The van der Waals surface area contributed by atoms with Gasteiger partial charge in [0, 0.05) is 13.2 Å². The minimum absolute atomic E-state index is 0.227. The topological polar surface area (TPSA) is 130 Å². The molecule has 0 saturated carbocycles. The number of ether oxygens (including phenoxy) is 3. The second-order valence-corrected chi connectivity index (χ2v) is 8.04. The normalized spacial score (nSPS) is 32.2. The van der Waals surface area contributed by atoms with E-state index in [1.165, 1.54) is 0 Å². The van der Waals surface area contributed by atoms with Crippen molar-refractivity contribution >= 4 is 13.7 Å². The molecule has 1 amide bonds. The summed E-state index contributed by atoms with van der Waals surface area (Å²) >= 11 is 0. The van der Waals surface area contributed by atoms with E-state index in [2.05, 4.69) is 4.52 Å². The number of carbonyl (C=O) groups is 1. The molecule has 2 aliphatic rings. The van der Waals surface area contributed by atoms with E-state index >= 15 is 0 Å². The number of pyridine rings is 1. The predicted octanol–water partition coefficient (Wildman–Crippen LogP) is 0.254. The molecule has 2 unspecified atom stereocenters. The molecule has 0 bridgehead atoms. The second-order valence-electron chi connectivity index (χ2n) is 6.48. The van der Waals surface area contributed by atoms with Crippen LogP contribution in [0.5, 0.6) is 0 Å². The number of fused-ring (bicyclic) bond motifs is 1. The van der Waals surface area contributed by atoms with E-state index in [1.807, 2.05) is 0 Å². The summed E-state index contributed by atoms with van der Waals surface area (Å²) in [6, 6.07) is 3.25. The Morgan fingerprint density at radius 2 is 2.12 bits per heavy atom. The Kier molecular flexibility index (Phi) is 5.19. The Labute approximate surface area is 150 Å². The standard InChI is InChI=1S/C15H21N2O8P/c1-15(2)24-11-10(8-22-26(19,20)21-3)23-14(12(11)25-15)17-6-4-5-9(7-17)13(16)18/h4-7,10-12,14H,8H2,1-3H3,(H2-,16,18,19,20)/p+1/t10?,11-,12-,14-/m1/s1. The summed E-state index contributed by atoms with van der Waals surface area (Å²) in [7, 11) is -3.08. The zero-order valence-electron chi connectivity index (χ0n) is 14.6. The smallest absolute Gasteiger partial charge is 0.365 e. The number of phosphoric acid groups is 1. The van der Waals surface area contributed by atoms with Crippen LogP contribution in [-0.2, 0) is 27.8 Å². The molecule has 10 nitrogen and oxygen atoms in total. The molecule has 0 radical (unpaired) electrons. The van der Waals surface area contributed by atoms with Crippen molar-refractivity contribution in [2.45, 2.75) is 44.2 Å². The molecule has 3 rings (SSSR count). The lowest BCUT2D eigenvalue weighted by molar-refractivity contribution is -0.766. The average molecular weight is 389 g/mol. The van der Waals surface area contributed by atoms with Crippen LogP contribution in [0.25, 0.3) is 0 Å². The van der Waals surface area contributed by atoms with Gasteiger partial charge in [-0.05, 0) is 19.9 Å². The average Bonchev–Trinajstić information content (AvgIpc) is 3.06. The van der Waals surface area contributed by atoms with Crippen LogP contribution in [0.15, 0.2) is 24.5 Å². The number of rotatable bonds is 6. The second kappa shape index (κ2) is 6.97. The van der Waals surface area contributed by atoms with Crippen molar-refractivity contribution in [3.05, 3.63) is 30.1 Å². The minimum Gasteiger partial charge on any atom is -0.365 e. The highest BCUT2D eigenvalue weighted by atomic mass is 31.2. The molecular formula is C15H22N2O8P+. The molecule has 0 aliphatic carbocycles. The van der Waals surface area contributed by atoms with Crippen LogP contribution < -0.4 is 10.3 Å². The zero-order chi connectivity index (χ0) is 19.1.